The Morgan fingerprint density at radius 2 is 2.50 bits per heavy atom. The first-order valence-electron chi connectivity index (χ1n) is 4.35. The van der Waals surface area contributed by atoms with Crippen molar-refractivity contribution in [2.75, 3.05) is 0 Å². The molecule has 0 N–H and O–H groups in total. The molecule has 0 aliphatic heterocycles. The SMILES string of the molecule is C=CC1CC1c1cn(C)nc1C. The maximum absolute atomic E-state index is 4.32. The van der Waals surface area contributed by atoms with E-state index in [9.17, 15) is 0 Å². The van der Waals surface area contributed by atoms with Gasteiger partial charge in [0.2, 0.25) is 0 Å². The number of aryl methyl sites for hydroxylation is 2. The van der Waals surface area contributed by atoms with Crippen LogP contribution in [0.5, 0.6) is 0 Å². The van der Waals surface area contributed by atoms with Crippen LogP contribution >= 0.6 is 0 Å². The van der Waals surface area contributed by atoms with Crippen molar-refractivity contribution >= 4 is 0 Å². The number of rotatable bonds is 2. The first-order chi connectivity index (χ1) is 5.72. The van der Waals surface area contributed by atoms with Crippen molar-refractivity contribution in [1.29, 1.82) is 0 Å². The monoisotopic (exact) mass is 162 g/mol. The number of hydrogen-bond donors (Lipinski definition) is 0. The largest absolute Gasteiger partial charge is 0.275 e. The van der Waals surface area contributed by atoms with Gasteiger partial charge >= 0.3 is 0 Å². The predicted molar refractivity (Wildman–Crippen MR) is 49.0 cm³/mol. The topological polar surface area (TPSA) is 17.8 Å². The lowest BCUT2D eigenvalue weighted by Gasteiger charge is -1.91. The van der Waals surface area contributed by atoms with Gasteiger partial charge in [0.1, 0.15) is 0 Å². The Kier molecular flexibility index (Phi) is 1.56. The van der Waals surface area contributed by atoms with Gasteiger partial charge in [0.25, 0.3) is 0 Å². The minimum atomic E-state index is 0.702. The lowest BCUT2D eigenvalue weighted by molar-refractivity contribution is 0.756. The Bertz CT molecular complexity index is 312. The van der Waals surface area contributed by atoms with Crippen LogP contribution in [0.15, 0.2) is 18.9 Å². The summed E-state index contributed by atoms with van der Waals surface area (Å²) >= 11 is 0. The van der Waals surface area contributed by atoms with Crippen molar-refractivity contribution in [3.63, 3.8) is 0 Å². The summed E-state index contributed by atoms with van der Waals surface area (Å²) in [7, 11) is 1.97. The molecular weight excluding hydrogens is 148 g/mol. The summed E-state index contributed by atoms with van der Waals surface area (Å²) in [5, 5.41) is 4.32. The second-order valence-corrected chi connectivity index (χ2v) is 3.59. The van der Waals surface area contributed by atoms with Crippen LogP contribution in [0.25, 0.3) is 0 Å². The van der Waals surface area contributed by atoms with Crippen molar-refractivity contribution in [1.82, 2.24) is 9.78 Å². The molecule has 64 valence electrons. The highest BCUT2D eigenvalue weighted by Gasteiger charge is 2.37. The van der Waals surface area contributed by atoms with E-state index in [-0.39, 0.29) is 0 Å². The second kappa shape index (κ2) is 2.47. The number of allylic oxidation sites excluding steroid dienone is 1. The Balaban J connectivity index is 2.24. The van der Waals surface area contributed by atoms with Gasteiger partial charge < -0.3 is 0 Å². The van der Waals surface area contributed by atoms with E-state index in [0.29, 0.717) is 11.8 Å². The van der Waals surface area contributed by atoms with E-state index in [1.165, 1.54) is 17.7 Å². The molecule has 0 bridgehead atoms. The van der Waals surface area contributed by atoms with E-state index in [4.69, 9.17) is 0 Å². The van der Waals surface area contributed by atoms with E-state index in [2.05, 4.69) is 30.9 Å². The van der Waals surface area contributed by atoms with Gasteiger partial charge in [0.15, 0.2) is 0 Å². The molecule has 1 aliphatic rings. The number of nitrogens with zero attached hydrogens (tertiary/aromatic N) is 2. The molecule has 0 aromatic carbocycles. The fourth-order valence-corrected chi connectivity index (χ4v) is 1.81. The predicted octanol–water partition coefficient (Wildman–Crippen LogP) is 2.02. The van der Waals surface area contributed by atoms with Crippen LogP contribution in [0.1, 0.15) is 23.6 Å². The summed E-state index contributed by atoms with van der Waals surface area (Å²) in [5.74, 6) is 1.41. The van der Waals surface area contributed by atoms with Gasteiger partial charge in [-0.25, -0.2) is 0 Å². The molecule has 1 saturated carbocycles. The lowest BCUT2D eigenvalue weighted by Crippen LogP contribution is -1.86. The molecule has 2 rings (SSSR count). The van der Waals surface area contributed by atoms with Gasteiger partial charge in [-0.05, 0) is 30.7 Å². The number of aromatic nitrogens is 2. The minimum absolute atomic E-state index is 0.702. The van der Waals surface area contributed by atoms with E-state index in [0.717, 1.165) is 0 Å². The third kappa shape index (κ3) is 1.07. The highest BCUT2D eigenvalue weighted by Crippen LogP contribution is 2.48. The zero-order valence-corrected chi connectivity index (χ0v) is 7.62. The molecule has 0 radical (unpaired) electrons. The van der Waals surface area contributed by atoms with Gasteiger partial charge in [-0.15, -0.1) is 6.58 Å². The van der Waals surface area contributed by atoms with Crippen molar-refractivity contribution in [2.24, 2.45) is 13.0 Å². The third-order valence-corrected chi connectivity index (χ3v) is 2.59. The summed E-state index contributed by atoms with van der Waals surface area (Å²) in [6.07, 6.45) is 5.44. The summed E-state index contributed by atoms with van der Waals surface area (Å²) in [6, 6.07) is 0. The molecule has 2 unspecified atom stereocenters. The van der Waals surface area contributed by atoms with Crippen LogP contribution in [0.4, 0.5) is 0 Å². The highest BCUT2D eigenvalue weighted by atomic mass is 15.2. The number of hydrogen-bond acceptors (Lipinski definition) is 1. The maximum Gasteiger partial charge on any atom is 0.0628 e. The molecule has 1 aromatic heterocycles. The molecule has 2 atom stereocenters. The average molecular weight is 162 g/mol. The van der Waals surface area contributed by atoms with Crippen molar-refractivity contribution in [2.45, 2.75) is 19.3 Å². The fourth-order valence-electron chi connectivity index (χ4n) is 1.81. The van der Waals surface area contributed by atoms with Crippen molar-refractivity contribution in [3.8, 4) is 0 Å². The molecule has 0 spiro atoms. The van der Waals surface area contributed by atoms with Crippen molar-refractivity contribution in [3.05, 3.63) is 30.1 Å². The summed E-state index contributed by atoms with van der Waals surface area (Å²) in [5.41, 5.74) is 2.58. The van der Waals surface area contributed by atoms with Crippen LogP contribution in [-0.2, 0) is 7.05 Å². The van der Waals surface area contributed by atoms with E-state index >= 15 is 0 Å². The molecule has 1 aromatic rings. The molecule has 2 nitrogen and oxygen atoms in total. The van der Waals surface area contributed by atoms with E-state index in [1.807, 2.05) is 11.7 Å². The van der Waals surface area contributed by atoms with Crippen molar-refractivity contribution < 1.29 is 0 Å². The summed E-state index contributed by atoms with van der Waals surface area (Å²) in [4.78, 5) is 0. The maximum atomic E-state index is 4.32. The first-order valence-corrected chi connectivity index (χ1v) is 4.35. The van der Waals surface area contributed by atoms with Crippen LogP contribution in [0.3, 0.4) is 0 Å². The van der Waals surface area contributed by atoms with Crippen LogP contribution in [0.2, 0.25) is 0 Å². The minimum Gasteiger partial charge on any atom is -0.275 e. The molecule has 0 saturated heterocycles. The fraction of sp³-hybridized carbons (Fsp3) is 0.500. The highest BCUT2D eigenvalue weighted by molar-refractivity contribution is 5.29. The first kappa shape index (κ1) is 7.59. The summed E-state index contributed by atoms with van der Waals surface area (Å²) < 4.78 is 1.89. The molecule has 1 heterocycles. The molecule has 12 heavy (non-hydrogen) atoms. The van der Waals surface area contributed by atoms with E-state index < -0.39 is 0 Å². The van der Waals surface area contributed by atoms with Gasteiger partial charge in [0.05, 0.1) is 5.69 Å². The van der Waals surface area contributed by atoms with Gasteiger partial charge in [-0.3, -0.25) is 4.68 Å². The van der Waals surface area contributed by atoms with Crippen LogP contribution < -0.4 is 0 Å². The Labute approximate surface area is 72.9 Å². The van der Waals surface area contributed by atoms with Gasteiger partial charge in [-0.2, -0.15) is 5.10 Å². The lowest BCUT2D eigenvalue weighted by atomic mass is 10.1. The standard InChI is InChI=1S/C10H14N2/c1-4-8-5-9(8)10-6-12(3)11-7(10)2/h4,6,8-9H,1,5H2,2-3H3. The van der Waals surface area contributed by atoms with Gasteiger partial charge in [-0.1, -0.05) is 6.08 Å². The van der Waals surface area contributed by atoms with Crippen LogP contribution in [0, 0.1) is 12.8 Å². The normalized spacial score (nSPS) is 27.2. The van der Waals surface area contributed by atoms with Crippen LogP contribution in [-0.4, -0.2) is 9.78 Å². The molecule has 1 fully saturated rings. The quantitative estimate of drug-likeness (QED) is 0.608. The molecule has 1 aliphatic carbocycles. The van der Waals surface area contributed by atoms with E-state index in [1.54, 1.807) is 0 Å². The molecule has 0 amide bonds. The Morgan fingerprint density at radius 1 is 1.75 bits per heavy atom. The molecular formula is C10H14N2. The zero-order valence-electron chi connectivity index (χ0n) is 7.62. The zero-order chi connectivity index (χ0) is 8.72. The molecule has 2 heteroatoms. The average Bonchev–Trinajstić information content (AvgIpc) is 2.72. The summed E-state index contributed by atoms with van der Waals surface area (Å²) in [6.45, 7) is 5.88. The Morgan fingerprint density at radius 3 is 2.92 bits per heavy atom. The Hall–Kier alpha value is -1.05. The van der Waals surface area contributed by atoms with Gasteiger partial charge in [0, 0.05) is 13.2 Å². The smallest absolute Gasteiger partial charge is 0.0628 e. The third-order valence-electron chi connectivity index (χ3n) is 2.59. The second-order valence-electron chi connectivity index (χ2n) is 3.59.